The van der Waals surface area contributed by atoms with Gasteiger partial charge in [-0.05, 0) is 43.0 Å². The fraction of sp³-hybridized carbons (Fsp3) is 0.500. The summed E-state index contributed by atoms with van der Waals surface area (Å²) in [6, 6.07) is 10.1. The van der Waals surface area contributed by atoms with E-state index in [-0.39, 0.29) is 5.92 Å². The molecule has 2 fully saturated rings. The van der Waals surface area contributed by atoms with Gasteiger partial charge in [-0.3, -0.25) is 4.98 Å². The van der Waals surface area contributed by atoms with E-state index in [4.69, 9.17) is 4.52 Å². The Balaban J connectivity index is 1.46. The van der Waals surface area contributed by atoms with E-state index in [1.165, 1.54) is 10.5 Å². The maximum Gasteiger partial charge on any atom is 0.407 e. The first-order chi connectivity index (χ1) is 17.6. The first kappa shape index (κ1) is 25.4. The van der Waals surface area contributed by atoms with Gasteiger partial charge in [0, 0.05) is 55.5 Å². The molecule has 1 amide bonds. The maximum absolute atomic E-state index is 12.4. The van der Waals surface area contributed by atoms with Crippen molar-refractivity contribution in [3.05, 3.63) is 65.2 Å². The van der Waals surface area contributed by atoms with Gasteiger partial charge in [-0.15, -0.1) is 0 Å². The lowest BCUT2D eigenvalue weighted by molar-refractivity contribution is -0.127. The van der Waals surface area contributed by atoms with Crippen LogP contribution in [-0.2, 0) is 5.60 Å². The number of aliphatic hydroxyl groups is 1. The van der Waals surface area contributed by atoms with Crippen LogP contribution in [0.1, 0.15) is 68.0 Å². The smallest absolute Gasteiger partial charge is 0.407 e. The van der Waals surface area contributed by atoms with Crippen LogP contribution in [0.25, 0.3) is 11.5 Å². The summed E-state index contributed by atoms with van der Waals surface area (Å²) in [5, 5.41) is 25.8. The number of aromatic nitrogens is 3. The Morgan fingerprint density at radius 1 is 1.14 bits per heavy atom. The third-order valence-corrected chi connectivity index (χ3v) is 8.08. The third kappa shape index (κ3) is 4.51. The van der Waals surface area contributed by atoms with Crippen molar-refractivity contribution < 1.29 is 19.5 Å². The first-order valence-electron chi connectivity index (χ1n) is 12.9. The van der Waals surface area contributed by atoms with Crippen molar-refractivity contribution in [1.29, 1.82) is 0 Å². The Labute approximate surface area is 217 Å². The monoisotopic (exact) mass is 505 g/mol. The molecule has 2 saturated heterocycles. The van der Waals surface area contributed by atoms with Gasteiger partial charge >= 0.3 is 6.09 Å². The summed E-state index contributed by atoms with van der Waals surface area (Å²) in [6.45, 7) is 8.84. The molecule has 2 aromatic heterocycles. The summed E-state index contributed by atoms with van der Waals surface area (Å²) >= 11 is 0. The van der Waals surface area contributed by atoms with Gasteiger partial charge in [-0.25, -0.2) is 4.79 Å². The summed E-state index contributed by atoms with van der Waals surface area (Å²) in [7, 11) is 2.06. The summed E-state index contributed by atoms with van der Waals surface area (Å²) in [4.78, 5) is 23.9. The number of pyridine rings is 1. The Hall–Kier alpha value is -3.30. The van der Waals surface area contributed by atoms with Crippen LogP contribution in [0.15, 0.2) is 47.2 Å². The highest BCUT2D eigenvalue weighted by molar-refractivity contribution is 5.65. The van der Waals surface area contributed by atoms with E-state index in [0.29, 0.717) is 54.7 Å². The van der Waals surface area contributed by atoms with Gasteiger partial charge in [0.2, 0.25) is 0 Å². The highest BCUT2D eigenvalue weighted by Crippen LogP contribution is 2.50. The van der Waals surface area contributed by atoms with E-state index in [0.717, 1.165) is 18.7 Å². The molecule has 37 heavy (non-hydrogen) atoms. The minimum Gasteiger partial charge on any atom is -0.465 e. The van der Waals surface area contributed by atoms with E-state index in [1.807, 2.05) is 18.2 Å². The van der Waals surface area contributed by atoms with Gasteiger partial charge in [-0.1, -0.05) is 50.2 Å². The quantitative estimate of drug-likeness (QED) is 0.509. The lowest BCUT2D eigenvalue weighted by Crippen LogP contribution is -2.63. The van der Waals surface area contributed by atoms with Crippen molar-refractivity contribution in [3.63, 3.8) is 0 Å². The number of amides is 1. The van der Waals surface area contributed by atoms with Gasteiger partial charge < -0.3 is 24.5 Å². The maximum atomic E-state index is 12.4. The first-order valence-corrected chi connectivity index (χ1v) is 12.9. The Kier molecular flexibility index (Phi) is 6.53. The van der Waals surface area contributed by atoms with E-state index < -0.39 is 17.1 Å². The molecular weight excluding hydrogens is 470 g/mol. The summed E-state index contributed by atoms with van der Waals surface area (Å²) in [5.41, 5.74) is 1.73. The Morgan fingerprint density at radius 2 is 1.81 bits per heavy atom. The minimum atomic E-state index is -1.26. The van der Waals surface area contributed by atoms with Gasteiger partial charge in [0.15, 0.2) is 5.82 Å². The van der Waals surface area contributed by atoms with Crippen molar-refractivity contribution in [2.75, 3.05) is 33.2 Å². The van der Waals surface area contributed by atoms with Gasteiger partial charge in [0.05, 0.1) is 5.56 Å². The van der Waals surface area contributed by atoms with E-state index in [9.17, 15) is 15.0 Å². The molecule has 2 aliphatic rings. The molecule has 9 heteroatoms. The molecule has 4 heterocycles. The number of benzene rings is 1. The fourth-order valence-electron chi connectivity index (χ4n) is 5.95. The molecule has 196 valence electrons. The number of rotatable bonds is 6. The largest absolute Gasteiger partial charge is 0.465 e. The zero-order valence-electron chi connectivity index (χ0n) is 21.9. The number of carbonyl (C=O) groups is 1. The molecule has 5 rings (SSSR count). The summed E-state index contributed by atoms with van der Waals surface area (Å²) in [5.74, 6) is 1.38. The summed E-state index contributed by atoms with van der Waals surface area (Å²) in [6.07, 6.45) is 3.81. The van der Waals surface area contributed by atoms with Crippen molar-refractivity contribution >= 4 is 6.09 Å². The van der Waals surface area contributed by atoms with Crippen LogP contribution in [0.5, 0.6) is 0 Å². The molecule has 0 saturated carbocycles. The van der Waals surface area contributed by atoms with Crippen molar-refractivity contribution in [2.24, 2.45) is 5.41 Å². The normalized spacial score (nSPS) is 20.0. The number of piperidine rings is 1. The predicted molar refractivity (Wildman–Crippen MR) is 138 cm³/mol. The fourth-order valence-corrected chi connectivity index (χ4v) is 5.95. The van der Waals surface area contributed by atoms with Gasteiger partial charge in [0.1, 0.15) is 5.60 Å². The van der Waals surface area contributed by atoms with Gasteiger partial charge in [0.25, 0.3) is 5.89 Å². The van der Waals surface area contributed by atoms with E-state index >= 15 is 0 Å². The Bertz CT molecular complexity index is 1260. The standard InChI is InChI=1S/C28H35N5O4/c1-18(2)19-5-7-22(8-6-19)28(36,27(3)16-32(4)17-27)23-13-21(14-29-15-23)25-30-24(31-37-25)20-9-11-33(12-10-20)26(34)35/h5-8,13-15,18,20,36H,9-12,16-17H2,1-4H3,(H,34,35)/t28-/m0/s1. The second-order valence-corrected chi connectivity index (χ2v) is 11.2. The average Bonchev–Trinajstić information content (AvgIpc) is 3.38. The molecule has 0 aliphatic carbocycles. The topological polar surface area (TPSA) is 116 Å². The molecule has 2 aliphatic heterocycles. The number of likely N-dealkylation sites (tertiary alicyclic amines) is 2. The van der Waals surface area contributed by atoms with Crippen LogP contribution < -0.4 is 0 Å². The lowest BCUT2D eigenvalue weighted by Gasteiger charge is -2.55. The molecule has 0 spiro atoms. The lowest BCUT2D eigenvalue weighted by atomic mass is 9.62. The zero-order valence-corrected chi connectivity index (χ0v) is 21.9. The predicted octanol–water partition coefficient (Wildman–Crippen LogP) is 4.30. The van der Waals surface area contributed by atoms with Crippen molar-refractivity contribution in [2.45, 2.75) is 51.0 Å². The van der Waals surface area contributed by atoms with Crippen molar-refractivity contribution in [1.82, 2.24) is 24.9 Å². The van der Waals surface area contributed by atoms with Crippen molar-refractivity contribution in [3.8, 4) is 11.5 Å². The van der Waals surface area contributed by atoms with Crippen LogP contribution in [0, 0.1) is 5.41 Å². The van der Waals surface area contributed by atoms with E-state index in [1.54, 1.807) is 12.4 Å². The third-order valence-electron chi connectivity index (χ3n) is 8.08. The highest BCUT2D eigenvalue weighted by Gasteiger charge is 2.55. The average molecular weight is 506 g/mol. The van der Waals surface area contributed by atoms with Crippen LogP contribution >= 0.6 is 0 Å². The molecule has 2 N–H and O–H groups in total. The Morgan fingerprint density at radius 3 is 2.41 bits per heavy atom. The van der Waals surface area contributed by atoms with Crippen LogP contribution in [0.3, 0.4) is 0 Å². The molecule has 1 atom stereocenters. The highest BCUT2D eigenvalue weighted by atomic mass is 16.5. The molecule has 9 nitrogen and oxygen atoms in total. The molecular formula is C28H35N5O4. The molecule has 3 aromatic rings. The number of carboxylic acid groups (broad SMARTS) is 1. The SMILES string of the molecule is CC(C)c1ccc([C@](O)(c2cncc(-c3nc(C4CCN(C(=O)O)CC4)no3)c2)C2(C)CN(C)C2)cc1. The molecule has 0 radical (unpaired) electrons. The minimum absolute atomic E-state index is 0.0464. The number of hydrogen-bond acceptors (Lipinski definition) is 7. The second-order valence-electron chi connectivity index (χ2n) is 11.2. The van der Waals surface area contributed by atoms with Gasteiger partial charge in [-0.2, -0.15) is 4.98 Å². The number of nitrogens with zero attached hydrogens (tertiary/aromatic N) is 5. The van der Waals surface area contributed by atoms with Crippen LogP contribution in [0.4, 0.5) is 4.79 Å². The van der Waals surface area contributed by atoms with Crippen LogP contribution in [-0.4, -0.2) is 74.5 Å². The van der Waals surface area contributed by atoms with E-state index in [2.05, 4.69) is 60.0 Å². The van der Waals surface area contributed by atoms with Crippen LogP contribution in [0.2, 0.25) is 0 Å². The number of hydrogen-bond donors (Lipinski definition) is 2. The molecule has 0 unspecified atom stereocenters. The second kappa shape index (κ2) is 9.54. The zero-order chi connectivity index (χ0) is 26.4. The molecule has 1 aromatic carbocycles. The summed E-state index contributed by atoms with van der Waals surface area (Å²) < 4.78 is 5.62. The molecule has 0 bridgehead atoms.